The molecule has 0 aromatic rings. The second kappa shape index (κ2) is 29.5. The van der Waals surface area contributed by atoms with Crippen molar-refractivity contribution in [3.05, 3.63) is 0 Å². The summed E-state index contributed by atoms with van der Waals surface area (Å²) >= 11 is 0. The van der Waals surface area contributed by atoms with Gasteiger partial charge in [-0.1, -0.05) is 0 Å². The third-order valence-corrected chi connectivity index (χ3v) is 0. The molecule has 0 aromatic carbocycles. The Bertz CT molecular complexity index is 95.7. The van der Waals surface area contributed by atoms with Crippen LogP contribution in [-0.2, 0) is 55.2 Å². The van der Waals surface area contributed by atoms with E-state index in [4.69, 9.17) is 17.5 Å². The Morgan fingerprint density at radius 2 is 0.667 bits per heavy atom. The Balaban J connectivity index is -0.00000000381. The Hall–Kier alpha value is 1.15. The van der Waals surface area contributed by atoms with Crippen molar-refractivity contribution in [2.24, 2.45) is 0 Å². The van der Waals surface area contributed by atoms with E-state index in [1.165, 1.54) is 0 Å². The fourth-order valence-electron chi connectivity index (χ4n) is 0. The third kappa shape index (κ3) is 868. The zero-order valence-corrected chi connectivity index (χ0v) is 8.93. The van der Waals surface area contributed by atoms with Crippen molar-refractivity contribution in [3.8, 4) is 0 Å². The van der Waals surface area contributed by atoms with Crippen LogP contribution in [0.3, 0.4) is 0 Å². The maximum Gasteiger partial charge on any atom is 1.00 e. The molecule has 0 spiro atoms. The van der Waals surface area contributed by atoms with Gasteiger partial charge in [-0.2, -0.15) is 0 Å². The number of rotatable bonds is 0. The van der Waals surface area contributed by atoms with E-state index in [-0.39, 0.29) is 72.1 Å². The summed E-state index contributed by atoms with van der Waals surface area (Å²) in [6, 6.07) is 0. The molecule has 0 fully saturated rings. The van der Waals surface area contributed by atoms with Gasteiger partial charge < -0.3 is 36.5 Å². The van der Waals surface area contributed by atoms with E-state index in [9.17, 15) is 0 Å². The van der Waals surface area contributed by atoms with E-state index in [0.29, 0.717) is 0 Å². The van der Waals surface area contributed by atoms with Gasteiger partial charge in [0.1, 0.15) is 0 Å². The zero-order valence-electron chi connectivity index (χ0n) is 5.14. The monoisotopic (exact) mass is 400 g/mol. The van der Waals surface area contributed by atoms with Gasteiger partial charge in [-0.15, -0.1) is 0 Å². The molecular weight excluding hydrogens is 392 g/mol. The molecule has 0 bridgehead atoms. The first-order valence-electron chi connectivity index (χ1n) is 0.667. The van der Waals surface area contributed by atoms with Crippen molar-refractivity contribution in [3.63, 3.8) is 0 Å². The summed E-state index contributed by atoms with van der Waals surface area (Å²) < 4.78 is 34.1. The summed E-state index contributed by atoms with van der Waals surface area (Å²) in [6.45, 7) is 0. The predicted octanol–water partition coefficient (Wildman–Crippen LogP) is -5.47. The maximum absolute atomic E-state index is 8.52. The molecule has 0 rings (SSSR count). The van der Waals surface area contributed by atoms with Crippen molar-refractivity contribution in [1.29, 1.82) is 0 Å². The molecule has 0 saturated heterocycles. The molecule has 0 aliphatic rings. The molecule has 0 aromatic heterocycles. The molecule has 0 unspecified atom stereocenters. The molecule has 0 saturated carbocycles. The number of hydrogen-bond donors (Lipinski definition) is 0. The molecule has 0 aliphatic carbocycles. The molecule has 10 N–H and O–H groups in total. The second-order valence-corrected chi connectivity index (χ2v) is 1.22. The molecule has 0 amide bonds. The molecule has 0 heterocycles. The van der Waals surface area contributed by atoms with Crippen LogP contribution in [-0.4, -0.2) is 44.9 Å². The average Bonchev–Trinajstić information content (AvgIpc) is 0.722. The third-order valence-electron chi connectivity index (χ3n) is 0. The fraction of sp³-hybridized carbons (Fsp3) is 0. The average molecular weight is 402 g/mol. The summed E-state index contributed by atoms with van der Waals surface area (Å²) in [5.74, 6) is 0. The Morgan fingerprint density at radius 1 is 0.667 bits per heavy atom. The van der Waals surface area contributed by atoms with Gasteiger partial charge in [0.05, 0.1) is 0 Å². The van der Waals surface area contributed by atoms with Crippen LogP contribution < -0.4 is 0 Å². The maximum atomic E-state index is 8.52. The first-order valence-corrected chi connectivity index (χ1v) is 2.00. The number of hydrogen-bond acceptors (Lipinski definition) is 4. The molecule has 12 heteroatoms. The van der Waals surface area contributed by atoms with Crippen LogP contribution in [0.25, 0.3) is 0 Å². The van der Waals surface area contributed by atoms with Gasteiger partial charge in [-0.05, 0) is 0 Å². The van der Waals surface area contributed by atoms with Gasteiger partial charge in [0.2, 0.25) is 0 Å². The minimum absolute atomic E-state index is 0. The topological polar surface area (TPSA) is 238 Å². The largest absolute Gasteiger partial charge is 1.00 e. The summed E-state index contributed by atoms with van der Waals surface area (Å²) in [6.07, 6.45) is 0. The van der Waals surface area contributed by atoms with Crippen molar-refractivity contribution in [1.82, 2.24) is 0 Å². The van der Waals surface area contributed by atoms with E-state index < -0.39 is 10.4 Å². The van der Waals surface area contributed by atoms with Crippen LogP contribution in [0.4, 0.5) is 0 Å². The molecule has 9 nitrogen and oxygen atoms in total. The van der Waals surface area contributed by atoms with Gasteiger partial charge in [0.25, 0.3) is 0 Å². The van der Waals surface area contributed by atoms with Crippen molar-refractivity contribution < 1.29 is 89.7 Å². The van der Waals surface area contributed by atoms with Gasteiger partial charge in [0.15, 0.2) is 0 Å². The Kier molecular flexibility index (Phi) is 180. The summed E-state index contributed by atoms with van der Waals surface area (Å²) in [5, 5.41) is 0. The molecule has 92 valence electrons. The van der Waals surface area contributed by atoms with Crippen molar-refractivity contribution >= 4 is 10.4 Å². The van der Waals surface area contributed by atoms with E-state index >= 15 is 0 Å². The summed E-state index contributed by atoms with van der Waals surface area (Å²) in [4.78, 5) is 0. The Labute approximate surface area is 99.7 Å². The normalized spacial score (nSPS) is 4.83. The molecule has 0 radical (unpaired) electrons. The fourth-order valence-corrected chi connectivity index (χ4v) is 0. The summed E-state index contributed by atoms with van der Waals surface area (Å²) in [7, 11) is -5.17. The quantitative estimate of drug-likeness (QED) is 0.219. The van der Waals surface area contributed by atoms with Gasteiger partial charge in [0, 0.05) is 10.4 Å². The van der Waals surface area contributed by atoms with Gasteiger partial charge in [-0.3, -0.25) is 8.42 Å². The van der Waals surface area contributed by atoms with E-state index in [0.717, 1.165) is 0 Å². The summed E-state index contributed by atoms with van der Waals surface area (Å²) in [5.41, 5.74) is 0. The van der Waals surface area contributed by atoms with Crippen LogP contribution in [0, 0.1) is 0 Å². The first kappa shape index (κ1) is 73.2. The first-order chi connectivity index (χ1) is 2.00. The van der Waals surface area contributed by atoms with Gasteiger partial charge >= 0.3 is 44.8 Å². The van der Waals surface area contributed by atoms with Crippen molar-refractivity contribution in [2.45, 2.75) is 0 Å². The molecule has 0 atom stereocenters. The van der Waals surface area contributed by atoms with Crippen LogP contribution in [0.15, 0.2) is 0 Å². The molecular formula is H10Ag2O9S. The standard InChI is InChI=1S/2Ag.H2O4S.5H2O/c;;1-5(2,3)4;;;;;/h;;(H2,1,2,3,4);5*1H2/q2*+1;;;;;;/p-2. The minimum Gasteiger partial charge on any atom is -0.759 e. The smallest absolute Gasteiger partial charge is 0.759 e. The van der Waals surface area contributed by atoms with Gasteiger partial charge in [-0.25, -0.2) is 0 Å². The molecule has 12 heavy (non-hydrogen) atoms. The zero-order chi connectivity index (χ0) is 4.50. The predicted molar refractivity (Wildman–Crippen MR) is 28.5 cm³/mol. The van der Waals surface area contributed by atoms with Crippen LogP contribution >= 0.6 is 0 Å². The minimum atomic E-state index is -5.17. The van der Waals surface area contributed by atoms with E-state index in [2.05, 4.69) is 0 Å². The molecule has 0 aliphatic heterocycles. The Morgan fingerprint density at radius 3 is 0.667 bits per heavy atom. The second-order valence-electron chi connectivity index (χ2n) is 0.408. The van der Waals surface area contributed by atoms with E-state index in [1.807, 2.05) is 0 Å². The van der Waals surface area contributed by atoms with Crippen LogP contribution in [0.5, 0.6) is 0 Å². The van der Waals surface area contributed by atoms with Crippen LogP contribution in [0.2, 0.25) is 0 Å². The van der Waals surface area contributed by atoms with E-state index in [1.54, 1.807) is 0 Å². The SMILES string of the molecule is O.O.O.O.O.O=S(=O)([O-])[O-].[Ag+].[Ag+]. The van der Waals surface area contributed by atoms with Crippen LogP contribution in [0.1, 0.15) is 0 Å². The van der Waals surface area contributed by atoms with Crippen molar-refractivity contribution in [2.75, 3.05) is 0 Å².